The first-order chi connectivity index (χ1) is 8.41. The molecule has 1 aromatic carbocycles. The fourth-order valence-corrected chi connectivity index (χ4v) is 1.55. The molecule has 2 rings (SSSR count). The molecule has 1 heterocycles. The Morgan fingerprint density at radius 1 is 1.50 bits per heavy atom. The molecule has 6 nitrogen and oxygen atoms in total. The van der Waals surface area contributed by atoms with E-state index in [9.17, 15) is 4.79 Å². The van der Waals surface area contributed by atoms with Crippen LogP contribution in [0.2, 0.25) is 0 Å². The zero-order chi connectivity index (χ0) is 13.3. The summed E-state index contributed by atoms with van der Waals surface area (Å²) in [4.78, 5) is 13.7. The van der Waals surface area contributed by atoms with Crippen molar-refractivity contribution in [3.63, 3.8) is 0 Å². The summed E-state index contributed by atoms with van der Waals surface area (Å²) in [5.41, 5.74) is 7.92. The number of fused-ring (bicyclic) bond motifs is 1. The molecule has 0 aliphatic heterocycles. The average Bonchev–Trinajstić information content (AvgIpc) is 2.65. The highest BCUT2D eigenvalue weighted by molar-refractivity contribution is 5.85. The first-order valence-corrected chi connectivity index (χ1v) is 5.63. The van der Waals surface area contributed by atoms with Gasteiger partial charge in [0.15, 0.2) is 5.58 Å². The van der Waals surface area contributed by atoms with Gasteiger partial charge in [-0.05, 0) is 19.9 Å². The molecule has 0 aliphatic rings. The number of anilines is 2. The van der Waals surface area contributed by atoms with Gasteiger partial charge in [-0.1, -0.05) is 0 Å². The Morgan fingerprint density at radius 3 is 2.89 bits per heavy atom. The van der Waals surface area contributed by atoms with Crippen LogP contribution in [0.1, 0.15) is 13.8 Å². The zero-order valence-electron chi connectivity index (χ0n) is 10.7. The summed E-state index contributed by atoms with van der Waals surface area (Å²) in [5, 5.41) is 3.19. The van der Waals surface area contributed by atoms with E-state index < -0.39 is 5.76 Å². The van der Waals surface area contributed by atoms with Gasteiger partial charge in [0.2, 0.25) is 0 Å². The Balaban J connectivity index is 2.28. The number of H-pyrrole nitrogens is 1. The molecular weight excluding hydrogens is 234 g/mol. The molecule has 98 valence electrons. The zero-order valence-corrected chi connectivity index (χ0v) is 10.7. The van der Waals surface area contributed by atoms with Crippen molar-refractivity contribution in [1.82, 2.24) is 4.98 Å². The van der Waals surface area contributed by atoms with E-state index in [1.165, 1.54) is 0 Å². The molecule has 0 spiro atoms. The molecule has 4 N–H and O–H groups in total. The van der Waals surface area contributed by atoms with Crippen molar-refractivity contribution < 1.29 is 9.15 Å². The minimum absolute atomic E-state index is 0.300. The van der Waals surface area contributed by atoms with Crippen molar-refractivity contribution in [2.24, 2.45) is 0 Å². The molecule has 0 unspecified atom stereocenters. The lowest BCUT2D eigenvalue weighted by atomic mass is 10.1. The number of nitrogens with two attached hydrogens (primary N) is 1. The van der Waals surface area contributed by atoms with Crippen LogP contribution in [0.25, 0.3) is 11.1 Å². The van der Waals surface area contributed by atoms with E-state index in [2.05, 4.69) is 10.3 Å². The molecule has 18 heavy (non-hydrogen) atoms. The molecular formula is C12H17N3O3. The van der Waals surface area contributed by atoms with Gasteiger partial charge in [0.25, 0.3) is 0 Å². The highest BCUT2D eigenvalue weighted by Crippen LogP contribution is 2.25. The quantitative estimate of drug-likeness (QED) is 0.717. The molecule has 0 amide bonds. The number of benzene rings is 1. The second-order valence-electron chi connectivity index (χ2n) is 4.77. The Morgan fingerprint density at radius 2 is 2.22 bits per heavy atom. The third-order valence-corrected chi connectivity index (χ3v) is 2.85. The van der Waals surface area contributed by atoms with Crippen LogP contribution in [0.3, 0.4) is 0 Å². The summed E-state index contributed by atoms with van der Waals surface area (Å²) >= 11 is 0. The lowest BCUT2D eigenvalue weighted by Crippen LogP contribution is -2.32. The number of hydrogen-bond donors (Lipinski definition) is 3. The largest absolute Gasteiger partial charge is 0.417 e. The number of aromatic nitrogens is 1. The Kier molecular flexibility index (Phi) is 3.04. The molecule has 1 aromatic heterocycles. The summed E-state index contributed by atoms with van der Waals surface area (Å²) in [7, 11) is 1.65. The van der Waals surface area contributed by atoms with Crippen LogP contribution < -0.4 is 16.8 Å². The Bertz CT molecular complexity index is 613. The number of hydrogen-bond acceptors (Lipinski definition) is 5. The van der Waals surface area contributed by atoms with E-state index >= 15 is 0 Å². The lowest BCUT2D eigenvalue weighted by Gasteiger charge is -2.24. The number of nitrogens with one attached hydrogen (secondary N) is 2. The van der Waals surface area contributed by atoms with Gasteiger partial charge >= 0.3 is 5.76 Å². The molecule has 0 bridgehead atoms. The number of ether oxygens (including phenoxy) is 1. The van der Waals surface area contributed by atoms with Crippen molar-refractivity contribution in [1.29, 1.82) is 0 Å². The number of nitrogen functional groups attached to an aromatic ring is 1. The average molecular weight is 251 g/mol. The van der Waals surface area contributed by atoms with Crippen molar-refractivity contribution in [2.45, 2.75) is 19.4 Å². The highest BCUT2D eigenvalue weighted by Gasteiger charge is 2.16. The first kappa shape index (κ1) is 12.5. The summed E-state index contributed by atoms with van der Waals surface area (Å²) < 4.78 is 10.2. The predicted molar refractivity (Wildman–Crippen MR) is 70.8 cm³/mol. The van der Waals surface area contributed by atoms with Crippen molar-refractivity contribution >= 4 is 22.5 Å². The molecule has 0 radical (unpaired) electrons. The predicted octanol–water partition coefficient (Wildman–Crippen LogP) is 1.54. The monoisotopic (exact) mass is 251 g/mol. The standard InChI is InChI=1S/C12H17N3O3/c1-12(2,17-3)6-14-8-5-9-10(4-7(8)13)18-11(16)15-9/h4-5,14H,6,13H2,1-3H3,(H,15,16). The fourth-order valence-electron chi connectivity index (χ4n) is 1.55. The molecule has 6 heteroatoms. The maximum Gasteiger partial charge on any atom is 0.417 e. The number of rotatable bonds is 4. The Labute approximate surface area is 104 Å². The van der Waals surface area contributed by atoms with Crippen LogP contribution in [0.15, 0.2) is 21.3 Å². The van der Waals surface area contributed by atoms with Crippen molar-refractivity contribution in [3.05, 3.63) is 22.7 Å². The summed E-state index contributed by atoms with van der Waals surface area (Å²) in [6.07, 6.45) is 0. The summed E-state index contributed by atoms with van der Waals surface area (Å²) in [6, 6.07) is 3.37. The normalized spacial score (nSPS) is 11.9. The van der Waals surface area contributed by atoms with Crippen LogP contribution in [0.4, 0.5) is 11.4 Å². The number of aromatic amines is 1. The van der Waals surface area contributed by atoms with Crippen LogP contribution in [-0.2, 0) is 4.74 Å². The maximum absolute atomic E-state index is 11.1. The number of oxazole rings is 1. The van der Waals surface area contributed by atoms with E-state index in [0.29, 0.717) is 23.3 Å². The van der Waals surface area contributed by atoms with E-state index in [4.69, 9.17) is 14.9 Å². The molecule has 0 fully saturated rings. The van der Waals surface area contributed by atoms with Crippen LogP contribution in [0.5, 0.6) is 0 Å². The van der Waals surface area contributed by atoms with Gasteiger partial charge in [0.1, 0.15) is 0 Å². The molecule has 0 atom stereocenters. The topological polar surface area (TPSA) is 93.3 Å². The molecule has 0 aliphatic carbocycles. The Hall–Kier alpha value is -1.95. The molecule has 0 saturated carbocycles. The van der Waals surface area contributed by atoms with Gasteiger partial charge in [-0.15, -0.1) is 0 Å². The summed E-state index contributed by atoms with van der Waals surface area (Å²) in [6.45, 7) is 4.53. The van der Waals surface area contributed by atoms with E-state index in [-0.39, 0.29) is 5.60 Å². The van der Waals surface area contributed by atoms with Crippen LogP contribution in [0, 0.1) is 0 Å². The fraction of sp³-hybridized carbons (Fsp3) is 0.417. The molecule has 0 saturated heterocycles. The van der Waals surface area contributed by atoms with E-state index in [1.807, 2.05) is 13.8 Å². The summed E-state index contributed by atoms with van der Waals surface area (Å²) in [5.74, 6) is -0.487. The van der Waals surface area contributed by atoms with Gasteiger partial charge in [-0.2, -0.15) is 0 Å². The minimum Gasteiger partial charge on any atom is -0.408 e. The second kappa shape index (κ2) is 4.38. The van der Waals surface area contributed by atoms with Crippen LogP contribution in [-0.4, -0.2) is 24.2 Å². The van der Waals surface area contributed by atoms with E-state index in [0.717, 1.165) is 5.69 Å². The third-order valence-electron chi connectivity index (χ3n) is 2.85. The van der Waals surface area contributed by atoms with Crippen molar-refractivity contribution in [3.8, 4) is 0 Å². The van der Waals surface area contributed by atoms with Gasteiger partial charge in [0.05, 0.1) is 22.5 Å². The van der Waals surface area contributed by atoms with Crippen LogP contribution >= 0.6 is 0 Å². The molecule has 2 aromatic rings. The maximum atomic E-state index is 11.1. The minimum atomic E-state index is -0.487. The number of methoxy groups -OCH3 is 1. The van der Waals surface area contributed by atoms with Gasteiger partial charge in [-0.25, -0.2) is 4.79 Å². The van der Waals surface area contributed by atoms with Gasteiger partial charge < -0.3 is 20.2 Å². The highest BCUT2D eigenvalue weighted by atomic mass is 16.5. The van der Waals surface area contributed by atoms with E-state index in [1.54, 1.807) is 19.2 Å². The lowest BCUT2D eigenvalue weighted by molar-refractivity contribution is 0.0344. The first-order valence-electron chi connectivity index (χ1n) is 5.63. The van der Waals surface area contributed by atoms with Gasteiger partial charge in [-0.3, -0.25) is 4.98 Å². The van der Waals surface area contributed by atoms with Crippen molar-refractivity contribution in [2.75, 3.05) is 24.7 Å². The smallest absolute Gasteiger partial charge is 0.408 e. The second-order valence-corrected chi connectivity index (χ2v) is 4.77. The van der Waals surface area contributed by atoms with Gasteiger partial charge in [0, 0.05) is 19.7 Å². The third kappa shape index (κ3) is 2.48. The SMILES string of the molecule is COC(C)(C)CNc1cc2[nH]c(=O)oc2cc1N.